The number of nitrogens with zero attached hydrogens (tertiary/aromatic N) is 2. The lowest BCUT2D eigenvalue weighted by Gasteiger charge is -2.34. The van der Waals surface area contributed by atoms with Crippen LogP contribution in [0.4, 0.5) is 8.78 Å². The van der Waals surface area contributed by atoms with Crippen LogP contribution in [0.15, 0.2) is 27.6 Å². The number of rotatable bonds is 4. The molecule has 3 rings (SSSR count). The van der Waals surface area contributed by atoms with Crippen molar-refractivity contribution in [1.82, 2.24) is 10.1 Å². The number of halogens is 2. The minimum atomic E-state index is -0.864. The maximum Gasteiger partial charge on any atom is 0.237 e. The van der Waals surface area contributed by atoms with Gasteiger partial charge in [-0.05, 0) is 37.5 Å². The van der Waals surface area contributed by atoms with Crippen LogP contribution in [0, 0.1) is 11.6 Å². The van der Waals surface area contributed by atoms with E-state index in [1.54, 1.807) is 0 Å². The molecule has 0 radical (unpaired) electrons. The third-order valence-corrected chi connectivity index (χ3v) is 4.39. The second-order valence-electron chi connectivity index (χ2n) is 4.89. The van der Waals surface area contributed by atoms with Gasteiger partial charge in [-0.1, -0.05) is 5.16 Å². The first-order chi connectivity index (χ1) is 9.57. The Kier molecular flexibility index (Phi) is 3.47. The van der Waals surface area contributed by atoms with Crippen LogP contribution in [0.3, 0.4) is 0 Å². The molecule has 0 amide bonds. The molecule has 7 heteroatoms. The molecule has 20 heavy (non-hydrogen) atoms. The highest BCUT2D eigenvalue weighted by Gasteiger charge is 2.38. The summed E-state index contributed by atoms with van der Waals surface area (Å²) in [5.41, 5.74) is 5.65. The molecular formula is C13H13F2N3OS. The smallest absolute Gasteiger partial charge is 0.237 e. The van der Waals surface area contributed by atoms with Crippen molar-refractivity contribution in [3.63, 3.8) is 0 Å². The van der Waals surface area contributed by atoms with Gasteiger partial charge in [-0.15, -0.1) is 11.8 Å². The Hall–Kier alpha value is -1.47. The van der Waals surface area contributed by atoms with Gasteiger partial charge in [-0.25, -0.2) is 8.78 Å². The van der Waals surface area contributed by atoms with Crippen LogP contribution in [-0.2, 0) is 11.3 Å². The second-order valence-corrected chi connectivity index (χ2v) is 5.93. The van der Waals surface area contributed by atoms with Crippen LogP contribution in [0.2, 0.25) is 0 Å². The van der Waals surface area contributed by atoms with E-state index in [1.165, 1.54) is 17.8 Å². The molecule has 0 saturated heterocycles. The predicted octanol–water partition coefficient (Wildman–Crippen LogP) is 2.98. The summed E-state index contributed by atoms with van der Waals surface area (Å²) < 4.78 is 31.0. The van der Waals surface area contributed by atoms with E-state index < -0.39 is 17.2 Å². The third kappa shape index (κ3) is 2.55. The highest BCUT2D eigenvalue weighted by atomic mass is 32.2. The normalized spacial score (nSPS) is 16.9. The highest BCUT2D eigenvalue weighted by Crippen LogP contribution is 2.37. The average Bonchev–Trinajstić information content (AvgIpc) is 2.86. The van der Waals surface area contributed by atoms with E-state index in [0.717, 1.165) is 31.4 Å². The van der Waals surface area contributed by atoms with E-state index in [2.05, 4.69) is 10.1 Å². The number of nitrogens with two attached hydrogens (primary N) is 1. The van der Waals surface area contributed by atoms with Gasteiger partial charge in [0.15, 0.2) is 17.5 Å². The summed E-state index contributed by atoms with van der Waals surface area (Å²) in [5, 5.41) is 3.90. The first-order valence-corrected chi connectivity index (χ1v) is 7.25. The molecule has 1 heterocycles. The first-order valence-electron chi connectivity index (χ1n) is 6.27. The molecule has 0 spiro atoms. The molecule has 0 bridgehead atoms. The van der Waals surface area contributed by atoms with Crippen molar-refractivity contribution >= 4 is 11.8 Å². The van der Waals surface area contributed by atoms with Gasteiger partial charge in [0.05, 0.1) is 11.3 Å². The Morgan fingerprint density at radius 1 is 1.30 bits per heavy atom. The van der Waals surface area contributed by atoms with Crippen molar-refractivity contribution < 1.29 is 13.3 Å². The Morgan fingerprint density at radius 2 is 2.10 bits per heavy atom. The summed E-state index contributed by atoms with van der Waals surface area (Å²) in [5.74, 6) is -0.356. The molecule has 0 aliphatic heterocycles. The topological polar surface area (TPSA) is 64.9 Å². The molecule has 1 aliphatic rings. The fourth-order valence-corrected chi connectivity index (χ4v) is 2.77. The van der Waals surface area contributed by atoms with Crippen molar-refractivity contribution in [2.24, 2.45) is 5.73 Å². The first kappa shape index (κ1) is 13.5. The van der Waals surface area contributed by atoms with E-state index in [-0.39, 0.29) is 0 Å². The lowest BCUT2D eigenvalue weighted by Crippen LogP contribution is -2.44. The van der Waals surface area contributed by atoms with E-state index in [0.29, 0.717) is 22.4 Å². The monoisotopic (exact) mass is 297 g/mol. The fourth-order valence-electron chi connectivity index (χ4n) is 2.01. The van der Waals surface area contributed by atoms with Gasteiger partial charge in [0.25, 0.3) is 0 Å². The fraction of sp³-hybridized carbons (Fsp3) is 0.385. The molecule has 4 nitrogen and oxygen atoms in total. The van der Waals surface area contributed by atoms with Gasteiger partial charge < -0.3 is 10.3 Å². The number of benzene rings is 1. The summed E-state index contributed by atoms with van der Waals surface area (Å²) in [6, 6.07) is 3.75. The molecule has 106 valence electrons. The molecule has 1 saturated carbocycles. The highest BCUT2D eigenvalue weighted by molar-refractivity contribution is 7.98. The van der Waals surface area contributed by atoms with Crippen molar-refractivity contribution in [2.75, 3.05) is 0 Å². The standard InChI is InChI=1S/C13H13F2N3OS/c14-9-3-2-8(6-10(9)15)20-7-11-17-12(18-19-11)13(16)4-1-5-13/h2-3,6H,1,4-5,7,16H2. The van der Waals surface area contributed by atoms with Crippen molar-refractivity contribution in [3.8, 4) is 0 Å². The molecule has 1 aromatic heterocycles. The van der Waals surface area contributed by atoms with Crippen LogP contribution in [0.25, 0.3) is 0 Å². The zero-order chi connectivity index (χ0) is 14.2. The average molecular weight is 297 g/mol. The third-order valence-electron chi connectivity index (χ3n) is 3.41. The molecular weight excluding hydrogens is 284 g/mol. The van der Waals surface area contributed by atoms with E-state index in [1.807, 2.05) is 0 Å². The molecule has 1 aliphatic carbocycles. The lowest BCUT2D eigenvalue weighted by atomic mass is 9.77. The lowest BCUT2D eigenvalue weighted by molar-refractivity contribution is 0.229. The minimum absolute atomic E-state index is 0.397. The second kappa shape index (κ2) is 5.14. The maximum atomic E-state index is 13.1. The number of aromatic nitrogens is 2. The van der Waals surface area contributed by atoms with Crippen molar-refractivity contribution in [1.29, 1.82) is 0 Å². The number of hydrogen-bond donors (Lipinski definition) is 1. The molecule has 0 atom stereocenters. The Morgan fingerprint density at radius 3 is 2.75 bits per heavy atom. The van der Waals surface area contributed by atoms with Crippen molar-refractivity contribution in [3.05, 3.63) is 41.5 Å². The van der Waals surface area contributed by atoms with Crippen LogP contribution in [-0.4, -0.2) is 10.1 Å². The van der Waals surface area contributed by atoms with Crippen LogP contribution in [0.1, 0.15) is 31.0 Å². The van der Waals surface area contributed by atoms with Crippen LogP contribution >= 0.6 is 11.8 Å². The zero-order valence-corrected chi connectivity index (χ0v) is 11.4. The maximum absolute atomic E-state index is 13.1. The number of hydrogen-bond acceptors (Lipinski definition) is 5. The van der Waals surface area contributed by atoms with Gasteiger partial charge in [0.2, 0.25) is 5.89 Å². The van der Waals surface area contributed by atoms with Gasteiger partial charge in [0, 0.05) is 4.90 Å². The van der Waals surface area contributed by atoms with Gasteiger partial charge in [-0.2, -0.15) is 4.98 Å². The van der Waals surface area contributed by atoms with Gasteiger partial charge in [0.1, 0.15) is 0 Å². The predicted molar refractivity (Wildman–Crippen MR) is 69.9 cm³/mol. The summed E-state index contributed by atoms with van der Waals surface area (Å²) in [7, 11) is 0. The quantitative estimate of drug-likeness (QED) is 0.879. The van der Waals surface area contributed by atoms with E-state index in [9.17, 15) is 8.78 Å². The Balaban J connectivity index is 1.65. The van der Waals surface area contributed by atoms with E-state index >= 15 is 0 Å². The SMILES string of the molecule is NC1(c2noc(CSc3ccc(F)c(F)c3)n2)CCC1. The largest absolute Gasteiger partial charge is 0.338 e. The summed E-state index contributed by atoms with van der Waals surface area (Å²) in [6.45, 7) is 0. The Labute approximate surface area is 118 Å². The molecule has 1 aromatic carbocycles. The summed E-state index contributed by atoms with van der Waals surface area (Å²) >= 11 is 1.30. The number of thioether (sulfide) groups is 1. The van der Waals surface area contributed by atoms with Crippen molar-refractivity contribution in [2.45, 2.75) is 35.4 Å². The minimum Gasteiger partial charge on any atom is -0.338 e. The summed E-state index contributed by atoms with van der Waals surface area (Å²) in [6.07, 6.45) is 2.80. The molecule has 2 N–H and O–H groups in total. The zero-order valence-electron chi connectivity index (χ0n) is 10.6. The Bertz CT molecular complexity index is 628. The molecule has 2 aromatic rings. The summed E-state index contributed by atoms with van der Waals surface area (Å²) in [4.78, 5) is 4.87. The van der Waals surface area contributed by atoms with Gasteiger partial charge in [-0.3, -0.25) is 0 Å². The van der Waals surface area contributed by atoms with Crippen LogP contribution in [0.5, 0.6) is 0 Å². The van der Waals surface area contributed by atoms with Crippen LogP contribution < -0.4 is 5.73 Å². The van der Waals surface area contributed by atoms with E-state index in [4.69, 9.17) is 10.3 Å². The van der Waals surface area contributed by atoms with Gasteiger partial charge >= 0.3 is 0 Å². The molecule has 0 unspecified atom stereocenters. The molecule has 1 fully saturated rings.